The molecule has 2 saturated heterocycles. The number of carbonyl (C=O) groups is 3. The molecule has 2 N–H and O–H groups in total. The minimum absolute atomic E-state index is 0.147. The second-order valence-corrected chi connectivity index (χ2v) is 4.74. The Morgan fingerprint density at radius 3 is 2.79 bits per heavy atom. The molecule has 0 radical (unpaired) electrons. The maximum atomic E-state index is 12.0. The molecule has 2 heterocycles. The van der Waals surface area contributed by atoms with E-state index < -0.39 is 11.6 Å². The van der Waals surface area contributed by atoms with Gasteiger partial charge in [0.05, 0.1) is 6.54 Å². The van der Waals surface area contributed by atoms with E-state index in [0.29, 0.717) is 19.4 Å². The van der Waals surface area contributed by atoms with Gasteiger partial charge in [-0.05, 0) is 19.8 Å². The molecule has 2 fully saturated rings. The molecule has 0 saturated carbocycles. The number of rotatable bonds is 2. The average molecular weight is 263 g/mol. The summed E-state index contributed by atoms with van der Waals surface area (Å²) in [5.41, 5.74) is -0.945. The summed E-state index contributed by atoms with van der Waals surface area (Å²) in [5.74, 6) is -0.487. The van der Waals surface area contributed by atoms with E-state index in [1.165, 1.54) is 6.08 Å². The number of nitrogens with one attached hydrogen (secondary N) is 2. The van der Waals surface area contributed by atoms with E-state index in [2.05, 4.69) is 10.6 Å². The van der Waals surface area contributed by atoms with Gasteiger partial charge in [0.15, 0.2) is 0 Å². The lowest BCUT2D eigenvalue weighted by Gasteiger charge is -2.37. The second-order valence-electron chi connectivity index (χ2n) is 4.74. The van der Waals surface area contributed by atoms with Crippen molar-refractivity contribution in [1.29, 1.82) is 0 Å². The summed E-state index contributed by atoms with van der Waals surface area (Å²) in [7, 11) is 0. The topological polar surface area (TPSA) is 78.5 Å². The van der Waals surface area contributed by atoms with Crippen LogP contribution in [-0.4, -0.2) is 41.4 Å². The Hall–Kier alpha value is -2.11. The summed E-state index contributed by atoms with van der Waals surface area (Å²) in [6, 6.07) is -0.483. The molecule has 1 spiro atoms. The molecule has 19 heavy (non-hydrogen) atoms. The van der Waals surface area contributed by atoms with Gasteiger partial charge in [-0.25, -0.2) is 4.79 Å². The molecule has 0 aliphatic carbocycles. The van der Waals surface area contributed by atoms with Crippen LogP contribution in [-0.2, 0) is 9.59 Å². The molecular formula is C13H17N3O3. The van der Waals surface area contributed by atoms with Crippen LogP contribution in [0.4, 0.5) is 4.79 Å². The highest BCUT2D eigenvalue weighted by molar-refractivity contribution is 6.07. The summed E-state index contributed by atoms with van der Waals surface area (Å²) in [5, 5.41) is 4.87. The van der Waals surface area contributed by atoms with Crippen LogP contribution in [0, 0.1) is 0 Å². The van der Waals surface area contributed by atoms with Crippen LogP contribution >= 0.6 is 0 Å². The Kier molecular flexibility index (Phi) is 3.69. The van der Waals surface area contributed by atoms with Crippen molar-refractivity contribution in [2.45, 2.75) is 25.3 Å². The zero-order chi connectivity index (χ0) is 13.9. The number of nitrogens with zero attached hydrogens (tertiary/aromatic N) is 1. The smallest absolute Gasteiger partial charge is 0.322 e. The van der Waals surface area contributed by atoms with Crippen molar-refractivity contribution in [3.63, 3.8) is 0 Å². The molecule has 0 aromatic heterocycles. The summed E-state index contributed by atoms with van der Waals surface area (Å²) >= 11 is 0. The third kappa shape index (κ3) is 2.67. The predicted molar refractivity (Wildman–Crippen MR) is 69.2 cm³/mol. The lowest BCUT2D eigenvalue weighted by Crippen LogP contribution is -2.59. The lowest BCUT2D eigenvalue weighted by atomic mass is 9.89. The highest BCUT2D eigenvalue weighted by Crippen LogP contribution is 2.24. The summed E-state index contributed by atoms with van der Waals surface area (Å²) in [4.78, 5) is 36.6. The molecule has 1 atom stereocenters. The first-order chi connectivity index (χ1) is 9.07. The van der Waals surface area contributed by atoms with E-state index in [4.69, 9.17) is 0 Å². The molecule has 2 aliphatic rings. The monoisotopic (exact) mass is 263 g/mol. The van der Waals surface area contributed by atoms with Crippen LogP contribution in [0.2, 0.25) is 0 Å². The zero-order valence-electron chi connectivity index (χ0n) is 10.8. The SMILES string of the molecule is C/C=C/C=CC(=O)N1CCCC2(C1)NC(=O)NC2=O. The van der Waals surface area contributed by atoms with Crippen LogP contribution in [0.3, 0.4) is 0 Å². The van der Waals surface area contributed by atoms with Gasteiger partial charge in [0.25, 0.3) is 5.91 Å². The molecular weight excluding hydrogens is 246 g/mol. The third-order valence-corrected chi connectivity index (χ3v) is 3.36. The number of imide groups is 1. The van der Waals surface area contributed by atoms with E-state index in [-0.39, 0.29) is 18.4 Å². The Morgan fingerprint density at radius 2 is 2.16 bits per heavy atom. The molecule has 2 aliphatic heterocycles. The van der Waals surface area contributed by atoms with Crippen molar-refractivity contribution in [1.82, 2.24) is 15.5 Å². The molecule has 6 nitrogen and oxygen atoms in total. The van der Waals surface area contributed by atoms with Crippen molar-refractivity contribution in [2.75, 3.05) is 13.1 Å². The van der Waals surface area contributed by atoms with Gasteiger partial charge in [-0.3, -0.25) is 14.9 Å². The fourth-order valence-electron chi connectivity index (χ4n) is 2.41. The van der Waals surface area contributed by atoms with Crippen LogP contribution in [0.15, 0.2) is 24.3 Å². The van der Waals surface area contributed by atoms with Crippen molar-refractivity contribution in [3.8, 4) is 0 Å². The van der Waals surface area contributed by atoms with Crippen LogP contribution < -0.4 is 10.6 Å². The molecule has 0 aromatic rings. The van der Waals surface area contributed by atoms with E-state index in [1.54, 1.807) is 17.1 Å². The molecule has 4 amide bonds. The predicted octanol–water partition coefficient (Wildman–Crippen LogP) is 0.319. The van der Waals surface area contributed by atoms with Crippen LogP contribution in [0.5, 0.6) is 0 Å². The standard InChI is InChI=1S/C13H17N3O3/c1-2-3-4-6-10(17)16-8-5-7-13(9-16)11(18)14-12(19)15-13/h2-4,6H,5,7-9H2,1H3,(H2,14,15,18,19)/b3-2+,6-4?. The van der Waals surface area contributed by atoms with Crippen LogP contribution in [0.25, 0.3) is 0 Å². The molecule has 1 unspecified atom stereocenters. The quantitative estimate of drug-likeness (QED) is 0.428. The van der Waals surface area contributed by atoms with Gasteiger partial charge in [0, 0.05) is 12.6 Å². The Labute approximate surface area is 111 Å². The summed E-state index contributed by atoms with van der Waals surface area (Å²) in [6.07, 6.45) is 7.97. The average Bonchev–Trinajstić information content (AvgIpc) is 2.64. The third-order valence-electron chi connectivity index (χ3n) is 3.36. The number of allylic oxidation sites excluding steroid dienone is 3. The number of hydrogen-bond donors (Lipinski definition) is 2. The van der Waals surface area contributed by atoms with E-state index >= 15 is 0 Å². The van der Waals surface area contributed by atoms with Crippen molar-refractivity contribution < 1.29 is 14.4 Å². The summed E-state index contributed by atoms with van der Waals surface area (Å²) < 4.78 is 0. The van der Waals surface area contributed by atoms with Gasteiger partial charge >= 0.3 is 6.03 Å². The lowest BCUT2D eigenvalue weighted by molar-refractivity contribution is -0.132. The normalized spacial score (nSPS) is 27.3. The maximum Gasteiger partial charge on any atom is 0.322 e. The molecule has 2 rings (SSSR count). The number of carbonyl (C=O) groups excluding carboxylic acids is 3. The first-order valence-corrected chi connectivity index (χ1v) is 6.29. The van der Waals surface area contributed by atoms with Crippen molar-refractivity contribution in [2.24, 2.45) is 0 Å². The Balaban J connectivity index is 2.07. The first kappa shape index (κ1) is 13.3. The minimum Gasteiger partial charge on any atom is -0.336 e. The van der Waals surface area contributed by atoms with Gasteiger partial charge in [-0.15, -0.1) is 0 Å². The van der Waals surface area contributed by atoms with Crippen molar-refractivity contribution >= 4 is 17.8 Å². The Bertz CT molecular complexity index is 470. The highest BCUT2D eigenvalue weighted by atomic mass is 16.2. The van der Waals surface area contributed by atoms with Gasteiger partial charge in [-0.1, -0.05) is 18.2 Å². The van der Waals surface area contributed by atoms with E-state index in [1.807, 2.05) is 13.0 Å². The second kappa shape index (κ2) is 5.26. The first-order valence-electron chi connectivity index (χ1n) is 6.29. The number of urea groups is 1. The van der Waals surface area contributed by atoms with E-state index in [0.717, 1.165) is 0 Å². The van der Waals surface area contributed by atoms with Gasteiger partial charge < -0.3 is 10.2 Å². The zero-order valence-corrected chi connectivity index (χ0v) is 10.8. The number of hydrogen-bond acceptors (Lipinski definition) is 3. The molecule has 102 valence electrons. The molecule has 0 bridgehead atoms. The largest absolute Gasteiger partial charge is 0.336 e. The van der Waals surface area contributed by atoms with Gasteiger partial charge in [0.1, 0.15) is 5.54 Å². The van der Waals surface area contributed by atoms with Gasteiger partial charge in [0.2, 0.25) is 5.91 Å². The number of amides is 4. The molecule has 6 heteroatoms. The van der Waals surface area contributed by atoms with Crippen molar-refractivity contribution in [3.05, 3.63) is 24.3 Å². The summed E-state index contributed by atoms with van der Waals surface area (Å²) in [6.45, 7) is 2.69. The fourth-order valence-corrected chi connectivity index (χ4v) is 2.41. The highest BCUT2D eigenvalue weighted by Gasteiger charge is 2.49. The minimum atomic E-state index is -0.945. The van der Waals surface area contributed by atoms with Crippen LogP contribution in [0.1, 0.15) is 19.8 Å². The number of piperidine rings is 1. The molecule has 0 aromatic carbocycles. The van der Waals surface area contributed by atoms with E-state index in [9.17, 15) is 14.4 Å². The Morgan fingerprint density at radius 1 is 1.37 bits per heavy atom. The van der Waals surface area contributed by atoms with Gasteiger partial charge in [-0.2, -0.15) is 0 Å². The number of likely N-dealkylation sites (tertiary alicyclic amines) is 1. The fraction of sp³-hybridized carbons (Fsp3) is 0.462. The maximum absolute atomic E-state index is 12.0.